The Morgan fingerprint density at radius 3 is 2.12 bits per heavy atom. The molecular formula is C27H29ClN2O2. The standard InChI is InChI=1S/C27H29ClN2O2/c1-2-3-18-29-27(32)26(23-12-8-5-9-13-23)30(20-22-14-16-24(28)17-15-22)25(31)19-21-10-6-4-7-11-21/h4-17,26H,2-3,18-20H2,1H3,(H,29,32)/t26-/m1/s1. The van der Waals surface area contributed by atoms with E-state index in [9.17, 15) is 9.59 Å². The number of amides is 2. The highest BCUT2D eigenvalue weighted by atomic mass is 35.5. The molecule has 0 aliphatic carbocycles. The van der Waals surface area contributed by atoms with Crippen LogP contribution in [0.1, 0.15) is 42.5 Å². The predicted molar refractivity (Wildman–Crippen MR) is 129 cm³/mol. The second-order valence-electron chi connectivity index (χ2n) is 7.77. The molecule has 0 spiro atoms. The smallest absolute Gasteiger partial charge is 0.247 e. The fourth-order valence-electron chi connectivity index (χ4n) is 3.58. The highest BCUT2D eigenvalue weighted by Gasteiger charge is 2.31. The van der Waals surface area contributed by atoms with Gasteiger partial charge in [-0.05, 0) is 35.2 Å². The molecule has 0 unspecified atom stereocenters. The van der Waals surface area contributed by atoms with E-state index in [1.54, 1.807) is 17.0 Å². The third kappa shape index (κ3) is 6.69. The van der Waals surface area contributed by atoms with Crippen molar-refractivity contribution >= 4 is 23.4 Å². The zero-order valence-corrected chi connectivity index (χ0v) is 19.1. The molecule has 0 bridgehead atoms. The Bertz CT molecular complexity index is 991. The molecular weight excluding hydrogens is 420 g/mol. The number of benzene rings is 3. The van der Waals surface area contributed by atoms with Gasteiger partial charge in [0.2, 0.25) is 11.8 Å². The van der Waals surface area contributed by atoms with E-state index in [0.29, 0.717) is 18.1 Å². The number of halogens is 1. The van der Waals surface area contributed by atoms with Gasteiger partial charge in [-0.25, -0.2) is 0 Å². The lowest BCUT2D eigenvalue weighted by Crippen LogP contribution is -2.44. The van der Waals surface area contributed by atoms with Crippen LogP contribution < -0.4 is 5.32 Å². The van der Waals surface area contributed by atoms with Gasteiger partial charge in [0.1, 0.15) is 6.04 Å². The Kier molecular flexibility index (Phi) is 8.88. The summed E-state index contributed by atoms with van der Waals surface area (Å²) in [4.78, 5) is 28.6. The second-order valence-corrected chi connectivity index (χ2v) is 8.20. The molecule has 5 heteroatoms. The molecule has 1 atom stereocenters. The van der Waals surface area contributed by atoms with E-state index in [1.165, 1.54) is 0 Å². The molecule has 1 N–H and O–H groups in total. The summed E-state index contributed by atoms with van der Waals surface area (Å²) < 4.78 is 0. The van der Waals surface area contributed by atoms with Gasteiger partial charge in [0, 0.05) is 18.1 Å². The zero-order chi connectivity index (χ0) is 22.8. The molecule has 3 aromatic rings. The molecule has 0 fully saturated rings. The van der Waals surface area contributed by atoms with Gasteiger partial charge >= 0.3 is 0 Å². The first kappa shape index (κ1) is 23.6. The maximum Gasteiger partial charge on any atom is 0.247 e. The van der Waals surface area contributed by atoms with Gasteiger partial charge in [-0.15, -0.1) is 0 Å². The van der Waals surface area contributed by atoms with Crippen LogP contribution in [-0.2, 0) is 22.6 Å². The normalized spacial score (nSPS) is 11.6. The quantitative estimate of drug-likeness (QED) is 0.412. The Labute approximate surface area is 195 Å². The summed E-state index contributed by atoms with van der Waals surface area (Å²) in [6.07, 6.45) is 2.10. The molecule has 3 aromatic carbocycles. The van der Waals surface area contributed by atoms with Gasteiger partial charge in [0.15, 0.2) is 0 Å². The van der Waals surface area contributed by atoms with Crippen LogP contribution in [0.25, 0.3) is 0 Å². The van der Waals surface area contributed by atoms with E-state index in [-0.39, 0.29) is 18.2 Å². The number of nitrogens with zero attached hydrogens (tertiary/aromatic N) is 1. The first-order valence-electron chi connectivity index (χ1n) is 11.0. The Hall–Kier alpha value is -3.11. The van der Waals surface area contributed by atoms with E-state index in [4.69, 9.17) is 11.6 Å². The predicted octanol–water partition coefficient (Wildman–Crippen LogP) is 5.57. The summed E-state index contributed by atoms with van der Waals surface area (Å²) in [6, 6.07) is 25.8. The van der Waals surface area contributed by atoms with Crippen LogP contribution >= 0.6 is 11.6 Å². The van der Waals surface area contributed by atoms with Crippen LogP contribution in [0, 0.1) is 0 Å². The number of carbonyl (C=O) groups is 2. The van der Waals surface area contributed by atoms with Crippen molar-refractivity contribution in [3.8, 4) is 0 Å². The highest BCUT2D eigenvalue weighted by molar-refractivity contribution is 6.30. The summed E-state index contributed by atoms with van der Waals surface area (Å²) in [5.74, 6) is -0.273. The summed E-state index contributed by atoms with van der Waals surface area (Å²) in [7, 11) is 0. The van der Waals surface area contributed by atoms with Crippen LogP contribution in [0.5, 0.6) is 0 Å². The molecule has 0 heterocycles. The number of hydrogen-bond acceptors (Lipinski definition) is 2. The van der Waals surface area contributed by atoms with Crippen molar-refractivity contribution in [2.75, 3.05) is 6.54 Å². The van der Waals surface area contributed by atoms with Crippen LogP contribution in [-0.4, -0.2) is 23.3 Å². The highest BCUT2D eigenvalue weighted by Crippen LogP contribution is 2.25. The van der Waals surface area contributed by atoms with Crippen LogP contribution in [0.4, 0.5) is 0 Å². The summed E-state index contributed by atoms with van der Waals surface area (Å²) in [6.45, 7) is 2.97. The number of unbranched alkanes of at least 4 members (excludes halogenated alkanes) is 1. The van der Waals surface area contributed by atoms with Crippen molar-refractivity contribution in [3.05, 3.63) is 107 Å². The molecule has 0 radical (unpaired) electrons. The minimum Gasteiger partial charge on any atom is -0.354 e. The molecule has 0 saturated carbocycles. The average molecular weight is 449 g/mol. The van der Waals surface area contributed by atoms with Gasteiger partial charge in [0.05, 0.1) is 6.42 Å². The lowest BCUT2D eigenvalue weighted by Gasteiger charge is -2.32. The number of rotatable bonds is 10. The molecule has 0 aromatic heterocycles. The van der Waals surface area contributed by atoms with Crippen molar-refractivity contribution in [1.29, 1.82) is 0 Å². The largest absolute Gasteiger partial charge is 0.354 e. The third-order valence-electron chi connectivity index (χ3n) is 5.29. The van der Waals surface area contributed by atoms with Gasteiger partial charge < -0.3 is 10.2 Å². The SMILES string of the molecule is CCCCNC(=O)[C@@H](c1ccccc1)N(Cc1ccc(Cl)cc1)C(=O)Cc1ccccc1. The van der Waals surface area contributed by atoms with Crippen molar-refractivity contribution < 1.29 is 9.59 Å². The first-order chi connectivity index (χ1) is 15.6. The average Bonchev–Trinajstić information content (AvgIpc) is 2.81. The molecule has 3 rings (SSSR count). The fraction of sp³-hybridized carbons (Fsp3) is 0.259. The molecule has 0 aliphatic rings. The van der Waals surface area contributed by atoms with Crippen LogP contribution in [0.2, 0.25) is 5.02 Å². The lowest BCUT2D eigenvalue weighted by atomic mass is 10.0. The number of carbonyl (C=O) groups excluding carboxylic acids is 2. The number of hydrogen-bond donors (Lipinski definition) is 1. The molecule has 2 amide bonds. The second kappa shape index (κ2) is 12.1. The molecule has 166 valence electrons. The molecule has 0 aliphatic heterocycles. The van der Waals surface area contributed by atoms with Gasteiger partial charge in [-0.2, -0.15) is 0 Å². The lowest BCUT2D eigenvalue weighted by molar-refractivity contribution is -0.141. The van der Waals surface area contributed by atoms with Crippen molar-refractivity contribution in [3.63, 3.8) is 0 Å². The van der Waals surface area contributed by atoms with Crippen molar-refractivity contribution in [1.82, 2.24) is 10.2 Å². The Morgan fingerprint density at radius 1 is 0.875 bits per heavy atom. The Morgan fingerprint density at radius 2 is 1.50 bits per heavy atom. The fourth-order valence-corrected chi connectivity index (χ4v) is 3.70. The van der Waals surface area contributed by atoms with Gasteiger partial charge in [0.25, 0.3) is 0 Å². The summed E-state index contributed by atoms with van der Waals surface area (Å²) in [5.41, 5.74) is 2.62. The molecule has 0 saturated heterocycles. The minimum atomic E-state index is -0.722. The van der Waals surface area contributed by atoms with E-state index in [1.807, 2.05) is 72.8 Å². The van der Waals surface area contributed by atoms with E-state index >= 15 is 0 Å². The van der Waals surface area contributed by atoms with Gasteiger partial charge in [-0.1, -0.05) is 97.7 Å². The number of nitrogens with one attached hydrogen (secondary N) is 1. The first-order valence-corrected chi connectivity index (χ1v) is 11.4. The van der Waals surface area contributed by atoms with Crippen LogP contribution in [0.15, 0.2) is 84.9 Å². The van der Waals surface area contributed by atoms with Gasteiger partial charge in [-0.3, -0.25) is 9.59 Å². The molecule has 4 nitrogen and oxygen atoms in total. The molecule has 32 heavy (non-hydrogen) atoms. The van der Waals surface area contributed by atoms with Crippen molar-refractivity contribution in [2.45, 2.75) is 38.8 Å². The van der Waals surface area contributed by atoms with Crippen LogP contribution in [0.3, 0.4) is 0 Å². The Balaban J connectivity index is 1.96. The monoisotopic (exact) mass is 448 g/mol. The summed E-state index contributed by atoms with van der Waals surface area (Å²) in [5, 5.41) is 3.65. The zero-order valence-electron chi connectivity index (χ0n) is 18.3. The minimum absolute atomic E-state index is 0.106. The topological polar surface area (TPSA) is 49.4 Å². The van der Waals surface area contributed by atoms with E-state index in [2.05, 4.69) is 12.2 Å². The maximum atomic E-state index is 13.6. The van der Waals surface area contributed by atoms with E-state index < -0.39 is 6.04 Å². The maximum absolute atomic E-state index is 13.6. The van der Waals surface area contributed by atoms with E-state index in [0.717, 1.165) is 29.5 Å². The third-order valence-corrected chi connectivity index (χ3v) is 5.54. The van der Waals surface area contributed by atoms with Crippen molar-refractivity contribution in [2.24, 2.45) is 0 Å². The summed E-state index contributed by atoms with van der Waals surface area (Å²) >= 11 is 6.05.